The van der Waals surface area contributed by atoms with Crippen LogP contribution in [0.5, 0.6) is 5.75 Å². The SMILES string of the molecule is O=C1CCC(N2Cc3c(OCc4ccc(C(c5ccccn5)N5CCNCC5)cc4)cccc3C2=O)C(=O)N1. The molecule has 6 rings (SSSR count). The van der Waals surface area contributed by atoms with Crippen LogP contribution in [0.15, 0.2) is 66.9 Å². The van der Waals surface area contributed by atoms with Crippen LogP contribution in [-0.4, -0.2) is 64.7 Å². The lowest BCUT2D eigenvalue weighted by Gasteiger charge is -2.35. The van der Waals surface area contributed by atoms with Crippen molar-refractivity contribution in [2.75, 3.05) is 26.2 Å². The van der Waals surface area contributed by atoms with Gasteiger partial charge < -0.3 is 15.0 Å². The highest BCUT2D eigenvalue weighted by Gasteiger charge is 2.40. The number of pyridine rings is 1. The largest absolute Gasteiger partial charge is 0.489 e. The van der Waals surface area contributed by atoms with Gasteiger partial charge in [-0.1, -0.05) is 36.4 Å². The first kappa shape index (κ1) is 25.2. The number of nitrogens with zero attached hydrogens (tertiary/aromatic N) is 3. The molecular formula is C30H31N5O4. The lowest BCUT2D eigenvalue weighted by Crippen LogP contribution is -2.52. The first-order valence-electron chi connectivity index (χ1n) is 13.4. The van der Waals surface area contributed by atoms with E-state index < -0.39 is 11.9 Å². The van der Waals surface area contributed by atoms with Gasteiger partial charge in [-0.25, -0.2) is 0 Å². The van der Waals surface area contributed by atoms with Crippen LogP contribution in [0.3, 0.4) is 0 Å². The van der Waals surface area contributed by atoms with Crippen molar-refractivity contribution in [3.05, 3.63) is 94.8 Å². The summed E-state index contributed by atoms with van der Waals surface area (Å²) in [5.74, 6) is -0.288. The minimum absolute atomic E-state index is 0.0879. The molecule has 0 bridgehead atoms. The summed E-state index contributed by atoms with van der Waals surface area (Å²) in [5.41, 5.74) is 4.56. The first-order valence-corrected chi connectivity index (χ1v) is 13.4. The molecule has 3 amide bonds. The molecule has 3 aliphatic heterocycles. The molecular weight excluding hydrogens is 494 g/mol. The Morgan fingerprint density at radius 1 is 0.974 bits per heavy atom. The summed E-state index contributed by atoms with van der Waals surface area (Å²) < 4.78 is 6.20. The van der Waals surface area contributed by atoms with Crippen LogP contribution in [-0.2, 0) is 22.7 Å². The Labute approximate surface area is 227 Å². The van der Waals surface area contributed by atoms with E-state index in [2.05, 4.69) is 50.8 Å². The number of imide groups is 1. The molecule has 0 radical (unpaired) electrons. The van der Waals surface area contributed by atoms with Gasteiger partial charge in [0.15, 0.2) is 0 Å². The average Bonchev–Trinajstić information content (AvgIpc) is 3.30. The van der Waals surface area contributed by atoms with Gasteiger partial charge in [0, 0.05) is 49.9 Å². The van der Waals surface area contributed by atoms with Crippen molar-refractivity contribution in [3.8, 4) is 5.75 Å². The Bertz CT molecular complexity index is 1370. The van der Waals surface area contributed by atoms with E-state index in [0.717, 1.165) is 43.0 Å². The van der Waals surface area contributed by atoms with Gasteiger partial charge >= 0.3 is 0 Å². The summed E-state index contributed by atoms with van der Waals surface area (Å²) in [5, 5.41) is 5.77. The summed E-state index contributed by atoms with van der Waals surface area (Å²) in [4.78, 5) is 45.7. The lowest BCUT2D eigenvalue weighted by molar-refractivity contribution is -0.136. The molecule has 200 valence electrons. The van der Waals surface area contributed by atoms with Gasteiger partial charge in [-0.15, -0.1) is 0 Å². The standard InChI is InChI=1S/C30H31N5O4/c36-27-12-11-25(29(37)33-27)35-18-23-22(30(35)38)4-3-6-26(23)39-19-20-7-9-21(10-8-20)28(24-5-1-2-13-32-24)34-16-14-31-15-17-34/h1-10,13,25,28,31H,11-12,14-19H2,(H,33,36,37). The van der Waals surface area contributed by atoms with E-state index in [1.54, 1.807) is 17.0 Å². The maximum absolute atomic E-state index is 13.1. The number of carbonyl (C=O) groups excluding carboxylic acids is 3. The van der Waals surface area contributed by atoms with Crippen molar-refractivity contribution >= 4 is 17.7 Å². The highest BCUT2D eigenvalue weighted by molar-refractivity contribution is 6.05. The van der Waals surface area contributed by atoms with Crippen LogP contribution in [0.2, 0.25) is 0 Å². The van der Waals surface area contributed by atoms with Gasteiger partial charge in [0.25, 0.3) is 5.91 Å². The average molecular weight is 526 g/mol. The number of piperazine rings is 1. The van der Waals surface area contributed by atoms with Crippen LogP contribution in [0.4, 0.5) is 0 Å². The molecule has 2 fully saturated rings. The second-order valence-corrected chi connectivity index (χ2v) is 10.2. The lowest BCUT2D eigenvalue weighted by atomic mass is 9.99. The summed E-state index contributed by atoms with van der Waals surface area (Å²) in [6, 6.07) is 19.4. The number of ether oxygens (including phenoxy) is 1. The van der Waals surface area contributed by atoms with Gasteiger partial charge in [0.05, 0.1) is 18.3 Å². The number of nitrogens with one attached hydrogen (secondary N) is 2. The molecule has 2 atom stereocenters. The van der Waals surface area contributed by atoms with Crippen molar-refractivity contribution in [3.63, 3.8) is 0 Å². The molecule has 9 nitrogen and oxygen atoms in total. The Morgan fingerprint density at radius 2 is 1.79 bits per heavy atom. The zero-order valence-electron chi connectivity index (χ0n) is 21.6. The van der Waals surface area contributed by atoms with Crippen molar-refractivity contribution in [1.29, 1.82) is 0 Å². The number of hydrogen-bond acceptors (Lipinski definition) is 7. The van der Waals surface area contributed by atoms with Gasteiger partial charge in [-0.3, -0.25) is 29.6 Å². The molecule has 2 aromatic carbocycles. The molecule has 4 heterocycles. The normalized spacial score (nSPS) is 20.5. The third-order valence-corrected chi connectivity index (χ3v) is 7.71. The number of rotatable bonds is 7. The topological polar surface area (TPSA) is 104 Å². The van der Waals surface area contributed by atoms with E-state index >= 15 is 0 Å². The van der Waals surface area contributed by atoms with Gasteiger partial charge in [-0.05, 0) is 41.8 Å². The van der Waals surface area contributed by atoms with E-state index in [-0.39, 0.29) is 30.8 Å². The highest BCUT2D eigenvalue weighted by atomic mass is 16.5. The quantitative estimate of drug-likeness (QED) is 0.457. The maximum atomic E-state index is 13.1. The van der Waals surface area contributed by atoms with Crippen molar-refractivity contribution in [2.45, 2.75) is 38.1 Å². The fourth-order valence-electron chi connectivity index (χ4n) is 5.70. The molecule has 2 unspecified atom stereocenters. The molecule has 3 aliphatic rings. The maximum Gasteiger partial charge on any atom is 0.255 e. The predicted molar refractivity (Wildman–Crippen MR) is 144 cm³/mol. The number of amides is 3. The summed E-state index contributed by atoms with van der Waals surface area (Å²) >= 11 is 0. The molecule has 0 saturated carbocycles. The van der Waals surface area contributed by atoms with Gasteiger partial charge in [-0.2, -0.15) is 0 Å². The molecule has 2 N–H and O–H groups in total. The first-order chi connectivity index (χ1) is 19.1. The molecule has 9 heteroatoms. The highest BCUT2D eigenvalue weighted by Crippen LogP contribution is 2.34. The minimum atomic E-state index is -0.647. The number of carbonyl (C=O) groups is 3. The van der Waals surface area contributed by atoms with Crippen molar-refractivity contribution < 1.29 is 19.1 Å². The fourth-order valence-corrected chi connectivity index (χ4v) is 5.70. The molecule has 39 heavy (non-hydrogen) atoms. The van der Waals surface area contributed by atoms with Crippen LogP contribution >= 0.6 is 0 Å². The molecule has 0 aliphatic carbocycles. The molecule has 1 aromatic heterocycles. The number of piperidine rings is 1. The predicted octanol–water partition coefficient (Wildman–Crippen LogP) is 2.42. The summed E-state index contributed by atoms with van der Waals surface area (Å²) in [7, 11) is 0. The number of benzene rings is 2. The monoisotopic (exact) mass is 525 g/mol. The van der Waals surface area contributed by atoms with E-state index in [1.807, 2.05) is 24.4 Å². The smallest absolute Gasteiger partial charge is 0.255 e. The van der Waals surface area contributed by atoms with Crippen molar-refractivity contribution in [1.82, 2.24) is 25.4 Å². The Balaban J connectivity index is 1.16. The second kappa shape index (κ2) is 11.0. The Morgan fingerprint density at radius 3 is 2.54 bits per heavy atom. The van der Waals surface area contributed by atoms with Crippen LogP contribution < -0.4 is 15.4 Å². The molecule has 3 aromatic rings. The molecule has 0 spiro atoms. The van der Waals surface area contributed by atoms with Gasteiger partial charge in [0.2, 0.25) is 11.8 Å². The van der Waals surface area contributed by atoms with Crippen molar-refractivity contribution in [2.24, 2.45) is 0 Å². The van der Waals surface area contributed by atoms with Crippen LogP contribution in [0.25, 0.3) is 0 Å². The Hall–Kier alpha value is -4.08. The summed E-state index contributed by atoms with van der Waals surface area (Å²) in [6.45, 7) is 4.47. The van der Waals surface area contributed by atoms with E-state index in [0.29, 0.717) is 24.3 Å². The molecule has 2 saturated heterocycles. The third kappa shape index (κ3) is 5.15. The zero-order valence-corrected chi connectivity index (χ0v) is 21.6. The zero-order chi connectivity index (χ0) is 26.8. The fraction of sp³-hybridized carbons (Fsp3) is 0.333. The van der Waals surface area contributed by atoms with Gasteiger partial charge in [0.1, 0.15) is 18.4 Å². The minimum Gasteiger partial charge on any atom is -0.489 e. The van der Waals surface area contributed by atoms with Crippen LogP contribution in [0.1, 0.15) is 51.6 Å². The Kier molecular flexibility index (Phi) is 7.08. The number of aromatic nitrogens is 1. The number of fused-ring (bicyclic) bond motifs is 1. The second-order valence-electron chi connectivity index (χ2n) is 10.2. The third-order valence-electron chi connectivity index (χ3n) is 7.71. The van der Waals surface area contributed by atoms with E-state index in [4.69, 9.17) is 4.74 Å². The summed E-state index contributed by atoms with van der Waals surface area (Å²) in [6.07, 6.45) is 2.41. The van der Waals surface area contributed by atoms with Crippen LogP contribution in [0, 0.1) is 0 Å². The number of hydrogen-bond donors (Lipinski definition) is 2. The van der Waals surface area contributed by atoms with E-state index in [1.165, 1.54) is 5.56 Å². The van der Waals surface area contributed by atoms with E-state index in [9.17, 15) is 14.4 Å².